The summed E-state index contributed by atoms with van der Waals surface area (Å²) in [6.07, 6.45) is 2.26. The summed E-state index contributed by atoms with van der Waals surface area (Å²) in [5.41, 5.74) is 1.30. The number of halogens is 1. The standard InChI is InChI=1S/C22H34N4O2.HI/c1-2-23-22(24-15-19-8-14-28-21-6-4-3-5-20(19)21)26-11-9-25(10-12-26)16-18-7-13-27-17-18;/h3-6,18-19H,2,7-17H2,1H3,(H,23,24);1H. The predicted octanol–water partition coefficient (Wildman–Crippen LogP) is 2.79. The molecule has 1 N–H and O–H groups in total. The maximum absolute atomic E-state index is 5.80. The van der Waals surface area contributed by atoms with Gasteiger partial charge >= 0.3 is 0 Å². The first-order valence-corrected chi connectivity index (χ1v) is 10.9. The van der Waals surface area contributed by atoms with Crippen LogP contribution in [0.4, 0.5) is 0 Å². The van der Waals surface area contributed by atoms with E-state index in [9.17, 15) is 0 Å². The first-order chi connectivity index (χ1) is 13.8. The van der Waals surface area contributed by atoms with E-state index >= 15 is 0 Å². The number of piperazine rings is 1. The maximum Gasteiger partial charge on any atom is 0.194 e. The van der Waals surface area contributed by atoms with Crippen molar-refractivity contribution >= 4 is 29.9 Å². The van der Waals surface area contributed by atoms with Crippen LogP contribution in [-0.4, -0.2) is 81.4 Å². The highest BCUT2D eigenvalue weighted by molar-refractivity contribution is 14.0. The summed E-state index contributed by atoms with van der Waals surface area (Å²) < 4.78 is 11.3. The SMILES string of the molecule is CCNC(=NCC1CCOc2ccccc21)N1CCN(CC2CCOC2)CC1.I. The van der Waals surface area contributed by atoms with Crippen LogP contribution in [-0.2, 0) is 4.74 Å². The molecule has 162 valence electrons. The van der Waals surface area contributed by atoms with Gasteiger partial charge in [-0.2, -0.15) is 0 Å². The lowest BCUT2D eigenvalue weighted by Crippen LogP contribution is -2.53. The van der Waals surface area contributed by atoms with E-state index < -0.39 is 0 Å². The number of benzene rings is 1. The van der Waals surface area contributed by atoms with E-state index in [1.54, 1.807) is 0 Å². The Morgan fingerprint density at radius 3 is 2.72 bits per heavy atom. The Hall–Kier alpha value is -1.06. The molecule has 1 aromatic rings. The van der Waals surface area contributed by atoms with Gasteiger partial charge < -0.3 is 19.7 Å². The molecule has 0 aromatic heterocycles. The van der Waals surface area contributed by atoms with Gasteiger partial charge in [-0.3, -0.25) is 9.89 Å². The number of para-hydroxylation sites is 1. The molecule has 1 aromatic carbocycles. The Morgan fingerprint density at radius 2 is 1.97 bits per heavy atom. The minimum absolute atomic E-state index is 0. The molecular weight excluding hydrogens is 479 g/mol. The predicted molar refractivity (Wildman–Crippen MR) is 128 cm³/mol. The molecule has 7 heteroatoms. The third kappa shape index (κ3) is 5.98. The van der Waals surface area contributed by atoms with Gasteiger partial charge in [-0.05, 0) is 37.3 Å². The van der Waals surface area contributed by atoms with Crippen LogP contribution in [0.1, 0.15) is 31.2 Å². The summed E-state index contributed by atoms with van der Waals surface area (Å²) in [5, 5.41) is 3.51. The molecule has 2 fully saturated rings. The van der Waals surface area contributed by atoms with Crippen molar-refractivity contribution in [3.8, 4) is 5.75 Å². The Kier molecular flexibility index (Phi) is 8.86. The molecular formula is C22H35IN4O2. The van der Waals surface area contributed by atoms with E-state index in [-0.39, 0.29) is 24.0 Å². The third-order valence-corrected chi connectivity index (χ3v) is 6.09. The number of nitrogens with zero attached hydrogens (tertiary/aromatic N) is 3. The minimum Gasteiger partial charge on any atom is -0.493 e. The molecule has 29 heavy (non-hydrogen) atoms. The lowest BCUT2D eigenvalue weighted by molar-refractivity contribution is 0.139. The average molecular weight is 514 g/mol. The summed E-state index contributed by atoms with van der Waals surface area (Å²) in [4.78, 5) is 10.0. The van der Waals surface area contributed by atoms with Crippen LogP contribution >= 0.6 is 24.0 Å². The normalized spacial score (nSPS) is 25.1. The summed E-state index contributed by atoms with van der Waals surface area (Å²) in [5.74, 6) is 3.27. The Labute approximate surface area is 192 Å². The Balaban J connectivity index is 0.00000240. The number of fused-ring (bicyclic) bond motifs is 1. The van der Waals surface area contributed by atoms with Gasteiger partial charge in [0.1, 0.15) is 5.75 Å². The highest BCUT2D eigenvalue weighted by atomic mass is 127. The second kappa shape index (κ2) is 11.4. The molecule has 6 nitrogen and oxygen atoms in total. The lowest BCUT2D eigenvalue weighted by atomic mass is 9.93. The molecule has 0 aliphatic carbocycles. The van der Waals surface area contributed by atoms with Gasteiger partial charge in [0.05, 0.1) is 13.2 Å². The van der Waals surface area contributed by atoms with Crippen LogP contribution < -0.4 is 10.1 Å². The number of ether oxygens (including phenoxy) is 2. The molecule has 3 aliphatic rings. The van der Waals surface area contributed by atoms with E-state index in [0.29, 0.717) is 5.92 Å². The van der Waals surface area contributed by atoms with Gasteiger partial charge in [-0.1, -0.05) is 18.2 Å². The molecule has 0 bridgehead atoms. The van der Waals surface area contributed by atoms with Gasteiger partial charge in [0, 0.05) is 58.3 Å². The van der Waals surface area contributed by atoms with Gasteiger partial charge in [0.15, 0.2) is 5.96 Å². The second-order valence-electron chi connectivity index (χ2n) is 8.08. The van der Waals surface area contributed by atoms with Gasteiger partial charge in [-0.25, -0.2) is 0 Å². The fourth-order valence-corrected chi connectivity index (χ4v) is 4.46. The molecule has 2 unspecified atom stereocenters. The van der Waals surface area contributed by atoms with E-state index in [4.69, 9.17) is 14.5 Å². The Bertz CT molecular complexity index is 658. The quantitative estimate of drug-likeness (QED) is 0.372. The highest BCUT2D eigenvalue weighted by Gasteiger charge is 2.25. The van der Waals surface area contributed by atoms with E-state index in [0.717, 1.165) is 83.1 Å². The summed E-state index contributed by atoms with van der Waals surface area (Å²) in [6.45, 7) is 12.0. The van der Waals surface area contributed by atoms with E-state index in [1.165, 1.54) is 18.5 Å². The van der Waals surface area contributed by atoms with Crippen LogP contribution in [0.25, 0.3) is 0 Å². The number of nitrogens with one attached hydrogen (secondary N) is 1. The van der Waals surface area contributed by atoms with Crippen molar-refractivity contribution in [2.45, 2.75) is 25.7 Å². The van der Waals surface area contributed by atoms with E-state index in [2.05, 4.69) is 40.2 Å². The summed E-state index contributed by atoms with van der Waals surface area (Å²) in [7, 11) is 0. The van der Waals surface area contributed by atoms with Crippen LogP contribution in [0, 0.1) is 5.92 Å². The lowest BCUT2D eigenvalue weighted by Gasteiger charge is -2.37. The Morgan fingerprint density at radius 1 is 1.14 bits per heavy atom. The number of hydrogen-bond donors (Lipinski definition) is 1. The molecule has 4 rings (SSSR count). The zero-order valence-electron chi connectivity index (χ0n) is 17.5. The van der Waals surface area contributed by atoms with Crippen molar-refractivity contribution in [1.82, 2.24) is 15.1 Å². The average Bonchev–Trinajstić information content (AvgIpc) is 3.25. The number of rotatable bonds is 5. The molecule has 2 saturated heterocycles. The minimum atomic E-state index is 0. The zero-order valence-corrected chi connectivity index (χ0v) is 19.8. The number of hydrogen-bond acceptors (Lipinski definition) is 4. The molecule has 0 spiro atoms. The zero-order chi connectivity index (χ0) is 19.2. The summed E-state index contributed by atoms with van der Waals surface area (Å²) >= 11 is 0. The fraction of sp³-hybridized carbons (Fsp3) is 0.682. The molecule has 2 atom stereocenters. The molecule has 0 amide bonds. The van der Waals surface area contributed by atoms with Crippen molar-refractivity contribution in [2.75, 3.05) is 65.6 Å². The fourth-order valence-electron chi connectivity index (χ4n) is 4.46. The van der Waals surface area contributed by atoms with Crippen LogP contribution in [0.2, 0.25) is 0 Å². The van der Waals surface area contributed by atoms with Gasteiger partial charge in [-0.15, -0.1) is 24.0 Å². The first kappa shape index (κ1) is 22.6. The largest absolute Gasteiger partial charge is 0.493 e. The summed E-state index contributed by atoms with van der Waals surface area (Å²) in [6, 6.07) is 8.41. The smallest absolute Gasteiger partial charge is 0.194 e. The van der Waals surface area contributed by atoms with Gasteiger partial charge in [0.2, 0.25) is 0 Å². The topological polar surface area (TPSA) is 49.3 Å². The molecule has 3 heterocycles. The maximum atomic E-state index is 5.80. The van der Waals surface area contributed by atoms with Gasteiger partial charge in [0.25, 0.3) is 0 Å². The number of aliphatic imine (C=N–C) groups is 1. The van der Waals surface area contributed by atoms with Crippen molar-refractivity contribution in [3.05, 3.63) is 29.8 Å². The van der Waals surface area contributed by atoms with Crippen LogP contribution in [0.3, 0.4) is 0 Å². The second-order valence-corrected chi connectivity index (χ2v) is 8.08. The first-order valence-electron chi connectivity index (χ1n) is 10.9. The molecule has 3 aliphatic heterocycles. The molecule has 0 radical (unpaired) electrons. The third-order valence-electron chi connectivity index (χ3n) is 6.09. The highest BCUT2D eigenvalue weighted by Crippen LogP contribution is 2.33. The number of guanidine groups is 1. The van der Waals surface area contributed by atoms with Crippen LogP contribution in [0.15, 0.2) is 29.3 Å². The van der Waals surface area contributed by atoms with Crippen molar-refractivity contribution in [2.24, 2.45) is 10.9 Å². The van der Waals surface area contributed by atoms with Crippen molar-refractivity contribution < 1.29 is 9.47 Å². The monoisotopic (exact) mass is 514 g/mol. The van der Waals surface area contributed by atoms with Crippen molar-refractivity contribution in [1.29, 1.82) is 0 Å². The molecule has 0 saturated carbocycles. The van der Waals surface area contributed by atoms with Crippen LogP contribution in [0.5, 0.6) is 5.75 Å². The van der Waals surface area contributed by atoms with E-state index in [1.807, 2.05) is 6.07 Å². The van der Waals surface area contributed by atoms with Crippen molar-refractivity contribution in [3.63, 3.8) is 0 Å².